The maximum atomic E-state index is 9.99. The Labute approximate surface area is 108 Å². The normalized spacial score (nSPS) is 19.8. The molecule has 5 heteroatoms. The Bertz CT molecular complexity index is 433. The first-order valence-corrected chi connectivity index (χ1v) is 6.32. The van der Waals surface area contributed by atoms with Gasteiger partial charge in [0.25, 0.3) is 0 Å². The van der Waals surface area contributed by atoms with E-state index in [9.17, 15) is 10.1 Å². The lowest BCUT2D eigenvalue weighted by molar-refractivity contribution is 0.123. The third kappa shape index (κ3) is 2.39. The molecule has 0 radical (unpaired) electrons. The van der Waals surface area contributed by atoms with Crippen LogP contribution >= 0.6 is 0 Å². The topological polar surface area (TPSA) is 58.9 Å². The fraction of sp³-hybridized carbons (Fsp3) is 0.538. The van der Waals surface area contributed by atoms with Crippen molar-refractivity contribution in [3.8, 4) is 5.75 Å². The predicted molar refractivity (Wildman–Crippen MR) is 70.1 cm³/mol. The molecule has 1 aliphatic rings. The lowest BCUT2D eigenvalue weighted by Crippen LogP contribution is -2.31. The molecule has 0 saturated heterocycles. The van der Waals surface area contributed by atoms with Crippen LogP contribution in [0.3, 0.4) is 0 Å². The lowest BCUT2D eigenvalue weighted by Gasteiger charge is -2.15. The minimum atomic E-state index is -0.936. The molecule has 2 atom stereocenters. The monoisotopic (exact) mass is 250 g/mol. The maximum absolute atomic E-state index is 9.99. The van der Waals surface area contributed by atoms with Crippen molar-refractivity contribution in [3.63, 3.8) is 0 Å². The third-order valence-corrected chi connectivity index (χ3v) is 3.18. The first-order chi connectivity index (χ1) is 8.54. The van der Waals surface area contributed by atoms with Crippen LogP contribution in [0.15, 0.2) is 12.1 Å². The number of aliphatic hydroxyl groups is 1. The van der Waals surface area contributed by atoms with Gasteiger partial charge in [-0.1, -0.05) is 13.0 Å². The second-order valence-electron chi connectivity index (χ2n) is 4.75. The van der Waals surface area contributed by atoms with E-state index in [0.29, 0.717) is 11.2 Å². The fourth-order valence-corrected chi connectivity index (χ4v) is 2.34. The highest BCUT2D eigenvalue weighted by molar-refractivity contribution is 6.63. The molecule has 0 saturated carbocycles. The number of hydrogen-bond donors (Lipinski definition) is 2. The number of fused-ring (bicyclic) bond motifs is 1. The van der Waals surface area contributed by atoms with Crippen molar-refractivity contribution in [2.24, 2.45) is 0 Å². The van der Waals surface area contributed by atoms with E-state index in [1.807, 2.05) is 26.0 Å². The van der Waals surface area contributed by atoms with Gasteiger partial charge in [-0.05, 0) is 37.5 Å². The Morgan fingerprint density at radius 1 is 1.50 bits per heavy atom. The molecule has 1 aliphatic heterocycles. The molecule has 4 nitrogen and oxygen atoms in total. The Hall–Kier alpha value is -1.04. The molecule has 1 unspecified atom stereocenters. The summed E-state index contributed by atoms with van der Waals surface area (Å²) in [5, 5.41) is 19.3. The van der Waals surface area contributed by atoms with Gasteiger partial charge < -0.3 is 19.5 Å². The molecule has 0 aliphatic carbocycles. The van der Waals surface area contributed by atoms with Crippen molar-refractivity contribution in [1.82, 2.24) is 0 Å². The van der Waals surface area contributed by atoms with Gasteiger partial charge in [-0.3, -0.25) is 0 Å². The summed E-state index contributed by atoms with van der Waals surface area (Å²) < 4.78 is 11.1. The smallest absolute Gasteiger partial charge is 0.491 e. The lowest BCUT2D eigenvalue weighted by atomic mass is 9.77. The van der Waals surface area contributed by atoms with Gasteiger partial charge in [0.05, 0.1) is 12.2 Å². The highest BCUT2D eigenvalue weighted by atomic mass is 16.5. The molecule has 2 rings (SSSR count). The van der Waals surface area contributed by atoms with Crippen LogP contribution in [0.25, 0.3) is 0 Å². The molecule has 1 aromatic rings. The summed E-state index contributed by atoms with van der Waals surface area (Å²) in [5.74, 6) is 0.597. The van der Waals surface area contributed by atoms with Gasteiger partial charge >= 0.3 is 7.12 Å². The van der Waals surface area contributed by atoms with Crippen LogP contribution in [0.2, 0.25) is 0 Å². The Kier molecular flexibility index (Phi) is 3.95. The zero-order chi connectivity index (χ0) is 13.3. The molecular weight excluding hydrogens is 231 g/mol. The second-order valence-corrected chi connectivity index (χ2v) is 4.75. The zero-order valence-corrected chi connectivity index (χ0v) is 11.0. The van der Waals surface area contributed by atoms with Crippen LogP contribution in [-0.4, -0.2) is 30.0 Å². The van der Waals surface area contributed by atoms with Gasteiger partial charge in [0.15, 0.2) is 0 Å². The molecule has 0 amide bonds. The molecule has 98 valence electrons. The van der Waals surface area contributed by atoms with Crippen molar-refractivity contribution in [1.29, 1.82) is 0 Å². The number of aliphatic hydroxyl groups excluding tert-OH is 1. The van der Waals surface area contributed by atoms with Crippen molar-refractivity contribution in [2.45, 2.75) is 39.4 Å². The number of ether oxygens (including phenoxy) is 1. The van der Waals surface area contributed by atoms with Gasteiger partial charge in [-0.2, -0.15) is 0 Å². The molecular formula is C13H19BO4. The van der Waals surface area contributed by atoms with Crippen LogP contribution in [0.1, 0.15) is 37.5 Å². The Morgan fingerprint density at radius 3 is 2.83 bits per heavy atom. The molecule has 18 heavy (non-hydrogen) atoms. The van der Waals surface area contributed by atoms with Crippen molar-refractivity contribution in [2.75, 3.05) is 6.61 Å². The zero-order valence-electron chi connectivity index (χ0n) is 11.0. The van der Waals surface area contributed by atoms with E-state index in [1.54, 1.807) is 6.92 Å². The number of aryl methyl sites for hydroxylation is 1. The van der Waals surface area contributed by atoms with Crippen LogP contribution in [0.5, 0.6) is 5.75 Å². The third-order valence-electron chi connectivity index (χ3n) is 3.18. The number of benzene rings is 1. The summed E-state index contributed by atoms with van der Waals surface area (Å²) >= 11 is 0. The quantitative estimate of drug-likeness (QED) is 0.780. The Morgan fingerprint density at radius 2 is 2.22 bits per heavy atom. The molecule has 0 fully saturated rings. The summed E-state index contributed by atoms with van der Waals surface area (Å²) in [6, 6.07) is 3.78. The van der Waals surface area contributed by atoms with Crippen LogP contribution in [-0.2, 0) is 4.65 Å². The van der Waals surface area contributed by atoms with Crippen molar-refractivity contribution in [3.05, 3.63) is 23.3 Å². The van der Waals surface area contributed by atoms with Gasteiger partial charge in [-0.15, -0.1) is 0 Å². The van der Waals surface area contributed by atoms with Gasteiger partial charge in [-0.25, -0.2) is 0 Å². The first-order valence-electron chi connectivity index (χ1n) is 6.32. The average molecular weight is 250 g/mol. The van der Waals surface area contributed by atoms with E-state index < -0.39 is 13.2 Å². The van der Waals surface area contributed by atoms with Crippen molar-refractivity contribution < 1.29 is 19.5 Å². The van der Waals surface area contributed by atoms with Crippen LogP contribution in [0.4, 0.5) is 0 Å². The van der Waals surface area contributed by atoms with Crippen LogP contribution in [0, 0.1) is 6.92 Å². The summed E-state index contributed by atoms with van der Waals surface area (Å²) in [7, 11) is -0.936. The summed E-state index contributed by atoms with van der Waals surface area (Å²) in [6.45, 7) is 5.89. The Balaban J connectivity index is 2.36. The highest BCUT2D eigenvalue weighted by Crippen LogP contribution is 2.32. The minimum Gasteiger partial charge on any atom is -0.491 e. The molecule has 0 aromatic heterocycles. The van der Waals surface area contributed by atoms with Gasteiger partial charge in [0, 0.05) is 5.46 Å². The molecule has 1 aromatic carbocycles. The van der Waals surface area contributed by atoms with Crippen LogP contribution < -0.4 is 10.2 Å². The van der Waals surface area contributed by atoms with Gasteiger partial charge in [0.2, 0.25) is 0 Å². The van der Waals surface area contributed by atoms with Crippen molar-refractivity contribution >= 4 is 12.6 Å². The SMILES string of the molecule is CC[C@H]1OB(O)c2c(OCC(C)O)ccc(C)c21. The highest BCUT2D eigenvalue weighted by Gasteiger charge is 2.38. The summed E-state index contributed by atoms with van der Waals surface area (Å²) in [4.78, 5) is 0. The maximum Gasteiger partial charge on any atom is 0.495 e. The number of rotatable bonds is 4. The standard InChI is InChI=1S/C13H19BO4/c1-4-10-12-8(2)5-6-11(17-7-9(3)15)13(12)14(16)18-10/h5-6,9-10,15-16H,4,7H2,1-3H3/t9?,10-/m1/s1. The average Bonchev–Trinajstić information content (AvgIpc) is 2.67. The summed E-state index contributed by atoms with van der Waals surface area (Å²) in [5.41, 5.74) is 2.83. The van der Waals surface area contributed by atoms with E-state index in [4.69, 9.17) is 9.39 Å². The van der Waals surface area contributed by atoms with E-state index in [2.05, 4.69) is 0 Å². The second kappa shape index (κ2) is 5.30. The predicted octanol–water partition coefficient (Wildman–Crippen LogP) is 0.923. The molecule has 2 N–H and O–H groups in total. The largest absolute Gasteiger partial charge is 0.495 e. The molecule has 0 spiro atoms. The van der Waals surface area contributed by atoms with E-state index in [1.165, 1.54) is 0 Å². The summed E-state index contributed by atoms with van der Waals surface area (Å²) in [6.07, 6.45) is 0.193. The van der Waals surface area contributed by atoms with E-state index in [-0.39, 0.29) is 12.7 Å². The fourth-order valence-electron chi connectivity index (χ4n) is 2.34. The molecule has 0 bridgehead atoms. The van der Waals surface area contributed by atoms with E-state index in [0.717, 1.165) is 17.5 Å². The van der Waals surface area contributed by atoms with Gasteiger partial charge in [0.1, 0.15) is 12.4 Å². The molecule has 1 heterocycles. The van der Waals surface area contributed by atoms with E-state index >= 15 is 0 Å². The minimum absolute atomic E-state index is 0.0786. The number of hydrogen-bond acceptors (Lipinski definition) is 4. The first kappa shape index (κ1) is 13.4.